The van der Waals surface area contributed by atoms with Gasteiger partial charge in [-0.05, 0) is 75.6 Å². The number of anilines is 1. The molecule has 2 aromatic rings. The highest BCUT2D eigenvalue weighted by Crippen LogP contribution is 2.33. The van der Waals surface area contributed by atoms with Gasteiger partial charge in [-0.2, -0.15) is 0 Å². The summed E-state index contributed by atoms with van der Waals surface area (Å²) < 4.78 is 2.47. The van der Waals surface area contributed by atoms with E-state index in [4.69, 9.17) is 4.98 Å². The highest BCUT2D eigenvalue weighted by Gasteiger charge is 2.30. The van der Waals surface area contributed by atoms with Gasteiger partial charge in [-0.1, -0.05) is 26.7 Å². The van der Waals surface area contributed by atoms with E-state index >= 15 is 0 Å². The van der Waals surface area contributed by atoms with Gasteiger partial charge >= 0.3 is 0 Å². The first-order valence-corrected chi connectivity index (χ1v) is 12.1. The Morgan fingerprint density at radius 3 is 2.33 bits per heavy atom. The van der Waals surface area contributed by atoms with E-state index in [1.807, 2.05) is 0 Å². The number of nitrogens with one attached hydrogen (secondary N) is 1. The van der Waals surface area contributed by atoms with Crippen molar-refractivity contribution in [3.8, 4) is 0 Å². The third kappa shape index (κ3) is 4.08. The maximum Gasteiger partial charge on any atom is 0.223 e. The molecule has 2 aliphatic rings. The molecule has 1 amide bonds. The first kappa shape index (κ1) is 21.2. The van der Waals surface area contributed by atoms with E-state index < -0.39 is 0 Å². The summed E-state index contributed by atoms with van der Waals surface area (Å²) in [7, 11) is 0. The largest absolute Gasteiger partial charge is 0.353 e. The number of nitrogens with zero attached hydrogens (tertiary/aromatic N) is 3. The molecule has 0 radical (unpaired) electrons. The van der Waals surface area contributed by atoms with Crippen LogP contribution in [0.4, 0.5) is 5.95 Å². The van der Waals surface area contributed by atoms with Gasteiger partial charge in [0.2, 0.25) is 11.9 Å². The number of hydrogen-bond donors (Lipinski definition) is 1. The van der Waals surface area contributed by atoms with Gasteiger partial charge in [-0.15, -0.1) is 0 Å². The second-order valence-electron chi connectivity index (χ2n) is 9.43. The average molecular weight is 411 g/mol. The molecule has 1 aromatic carbocycles. The molecule has 30 heavy (non-hydrogen) atoms. The number of carbonyl (C=O) groups is 1. The van der Waals surface area contributed by atoms with Crippen LogP contribution in [0.2, 0.25) is 0 Å². The first-order valence-electron chi connectivity index (χ1n) is 12.1. The Hall–Kier alpha value is -2.04. The van der Waals surface area contributed by atoms with Gasteiger partial charge < -0.3 is 14.8 Å². The number of hydrogen-bond acceptors (Lipinski definition) is 3. The Morgan fingerprint density at radius 2 is 1.70 bits per heavy atom. The van der Waals surface area contributed by atoms with E-state index in [9.17, 15) is 4.79 Å². The molecule has 4 rings (SSSR count). The van der Waals surface area contributed by atoms with Crippen molar-refractivity contribution in [1.82, 2.24) is 14.9 Å². The fraction of sp³-hybridized carbons (Fsp3) is 0.680. The molecule has 0 atom stereocenters. The number of piperidine rings is 1. The summed E-state index contributed by atoms with van der Waals surface area (Å²) in [5.74, 6) is 1.52. The monoisotopic (exact) mass is 410 g/mol. The maximum atomic E-state index is 12.7. The number of rotatable bonds is 6. The van der Waals surface area contributed by atoms with Crippen molar-refractivity contribution in [2.75, 3.05) is 18.0 Å². The lowest BCUT2D eigenvalue weighted by Gasteiger charge is -2.34. The number of amides is 1. The number of imidazole rings is 1. The molecule has 0 bridgehead atoms. The summed E-state index contributed by atoms with van der Waals surface area (Å²) in [4.78, 5) is 20.2. The number of fused-ring (bicyclic) bond motifs is 1. The third-order valence-corrected chi connectivity index (χ3v) is 7.44. The van der Waals surface area contributed by atoms with Gasteiger partial charge in [0.25, 0.3) is 0 Å². The van der Waals surface area contributed by atoms with Crippen molar-refractivity contribution in [1.29, 1.82) is 0 Å². The molecule has 164 valence electrons. The summed E-state index contributed by atoms with van der Waals surface area (Å²) in [6.45, 7) is 10.7. The third-order valence-electron chi connectivity index (χ3n) is 7.44. The molecule has 5 nitrogen and oxygen atoms in total. The molecule has 1 N–H and O–H groups in total. The van der Waals surface area contributed by atoms with Crippen LogP contribution in [-0.4, -0.2) is 34.6 Å². The minimum absolute atomic E-state index is 0.150. The zero-order chi connectivity index (χ0) is 21.3. The topological polar surface area (TPSA) is 50.2 Å². The van der Waals surface area contributed by atoms with Crippen LogP contribution in [0.1, 0.15) is 82.4 Å². The van der Waals surface area contributed by atoms with Crippen LogP contribution < -0.4 is 10.2 Å². The first-order chi connectivity index (χ1) is 14.5. The van der Waals surface area contributed by atoms with Crippen LogP contribution >= 0.6 is 0 Å². The molecule has 1 aliphatic carbocycles. The van der Waals surface area contributed by atoms with Crippen molar-refractivity contribution in [3.05, 3.63) is 23.3 Å². The molecule has 2 heterocycles. The Bertz CT molecular complexity index is 884. The molecule has 1 saturated carbocycles. The van der Waals surface area contributed by atoms with Crippen LogP contribution in [0.3, 0.4) is 0 Å². The summed E-state index contributed by atoms with van der Waals surface area (Å²) in [6, 6.07) is 5.41. The van der Waals surface area contributed by atoms with Gasteiger partial charge in [0.1, 0.15) is 0 Å². The van der Waals surface area contributed by atoms with Crippen LogP contribution in [-0.2, 0) is 4.79 Å². The standard InChI is InChI=1S/C25H38N4O/c1-5-21(6-2)29-23-16-18(4)17(3)15-22(23)27-25(29)28-13-11-19(12-14-28)24(30)26-20-9-7-8-10-20/h15-16,19-21H,5-14H2,1-4H3,(H,26,30). The highest BCUT2D eigenvalue weighted by molar-refractivity contribution is 5.81. The summed E-state index contributed by atoms with van der Waals surface area (Å²) in [6.07, 6.45) is 8.87. The van der Waals surface area contributed by atoms with E-state index in [1.165, 1.54) is 29.5 Å². The van der Waals surface area contributed by atoms with E-state index in [0.29, 0.717) is 12.1 Å². The van der Waals surface area contributed by atoms with Crippen molar-refractivity contribution < 1.29 is 4.79 Å². The summed E-state index contributed by atoms with van der Waals surface area (Å²) in [5, 5.41) is 3.31. The van der Waals surface area contributed by atoms with Crippen molar-refractivity contribution in [3.63, 3.8) is 0 Å². The Balaban J connectivity index is 1.54. The molecular weight excluding hydrogens is 372 g/mol. The molecule has 0 spiro atoms. The van der Waals surface area contributed by atoms with Crippen LogP contribution in [0, 0.1) is 19.8 Å². The van der Waals surface area contributed by atoms with Gasteiger partial charge in [0.15, 0.2) is 0 Å². The Morgan fingerprint density at radius 1 is 1.07 bits per heavy atom. The molecule has 1 aromatic heterocycles. The van der Waals surface area contributed by atoms with E-state index in [1.54, 1.807) is 0 Å². The smallest absolute Gasteiger partial charge is 0.223 e. The number of benzene rings is 1. The zero-order valence-corrected chi connectivity index (χ0v) is 19.2. The Labute approximate surface area is 181 Å². The van der Waals surface area contributed by atoms with Crippen molar-refractivity contribution >= 4 is 22.9 Å². The quantitative estimate of drug-likeness (QED) is 0.704. The fourth-order valence-corrected chi connectivity index (χ4v) is 5.31. The van der Waals surface area contributed by atoms with Gasteiger partial charge in [0.05, 0.1) is 11.0 Å². The van der Waals surface area contributed by atoms with Gasteiger partial charge in [-0.25, -0.2) is 4.98 Å². The lowest BCUT2D eigenvalue weighted by Crippen LogP contribution is -2.44. The lowest BCUT2D eigenvalue weighted by molar-refractivity contribution is -0.126. The molecule has 0 unspecified atom stereocenters. The number of aryl methyl sites for hydroxylation is 2. The van der Waals surface area contributed by atoms with Crippen molar-refractivity contribution in [2.24, 2.45) is 5.92 Å². The number of carbonyl (C=O) groups excluding carboxylic acids is 1. The molecular formula is C25H38N4O. The minimum atomic E-state index is 0.150. The maximum absolute atomic E-state index is 12.7. The molecule has 1 aliphatic heterocycles. The SMILES string of the molecule is CCC(CC)n1c(N2CCC(C(=O)NC3CCCC3)CC2)nc2cc(C)c(C)cc21. The highest BCUT2D eigenvalue weighted by atomic mass is 16.1. The van der Waals surface area contributed by atoms with Crippen LogP contribution in [0.25, 0.3) is 11.0 Å². The lowest BCUT2D eigenvalue weighted by atomic mass is 9.95. The fourth-order valence-electron chi connectivity index (χ4n) is 5.31. The average Bonchev–Trinajstić information content (AvgIpc) is 3.38. The molecule has 5 heteroatoms. The van der Waals surface area contributed by atoms with E-state index in [0.717, 1.165) is 63.1 Å². The van der Waals surface area contributed by atoms with Crippen molar-refractivity contribution in [2.45, 2.75) is 91.1 Å². The van der Waals surface area contributed by atoms with Crippen LogP contribution in [0.15, 0.2) is 12.1 Å². The van der Waals surface area contributed by atoms with Crippen LogP contribution in [0.5, 0.6) is 0 Å². The second-order valence-corrected chi connectivity index (χ2v) is 9.43. The predicted octanol–water partition coefficient (Wildman–Crippen LogP) is 5.29. The van der Waals surface area contributed by atoms with E-state index in [-0.39, 0.29) is 11.8 Å². The second kappa shape index (κ2) is 8.99. The minimum Gasteiger partial charge on any atom is -0.353 e. The number of aromatic nitrogens is 2. The summed E-state index contributed by atoms with van der Waals surface area (Å²) in [5.41, 5.74) is 4.97. The predicted molar refractivity (Wildman–Crippen MR) is 124 cm³/mol. The van der Waals surface area contributed by atoms with Gasteiger partial charge in [0, 0.05) is 31.1 Å². The normalized spacial score (nSPS) is 18.6. The Kier molecular flexibility index (Phi) is 6.35. The van der Waals surface area contributed by atoms with Gasteiger partial charge in [-0.3, -0.25) is 4.79 Å². The van der Waals surface area contributed by atoms with E-state index in [2.05, 4.69) is 54.6 Å². The molecule has 1 saturated heterocycles. The molecule has 2 fully saturated rings. The zero-order valence-electron chi connectivity index (χ0n) is 19.2. The summed E-state index contributed by atoms with van der Waals surface area (Å²) >= 11 is 0.